The number of halogens is 1. The van der Waals surface area contributed by atoms with Crippen molar-refractivity contribution in [3.05, 3.63) is 22.2 Å². The van der Waals surface area contributed by atoms with Gasteiger partial charge in [0.2, 0.25) is 0 Å². The molecule has 0 atom stereocenters. The molecule has 0 radical (unpaired) electrons. The lowest BCUT2D eigenvalue weighted by molar-refractivity contribution is 0.269. The van der Waals surface area contributed by atoms with Crippen LogP contribution in [-0.2, 0) is 0 Å². The minimum absolute atomic E-state index is 0.518. The number of benzene rings is 1. The van der Waals surface area contributed by atoms with Crippen LogP contribution in [0.15, 0.2) is 16.6 Å². The third-order valence-corrected chi connectivity index (χ3v) is 2.51. The predicted octanol–water partition coefficient (Wildman–Crippen LogP) is 3.37. The molecule has 0 aliphatic rings. The molecule has 2 N–H and O–H groups in total. The zero-order chi connectivity index (χ0) is 10.7. The van der Waals surface area contributed by atoms with Gasteiger partial charge in [-0.15, -0.1) is 0 Å². The van der Waals surface area contributed by atoms with E-state index < -0.39 is 0 Å². The van der Waals surface area contributed by atoms with Gasteiger partial charge in [-0.2, -0.15) is 0 Å². The van der Waals surface area contributed by atoms with Crippen LogP contribution in [-0.4, -0.2) is 6.61 Å². The Morgan fingerprint density at radius 3 is 2.64 bits per heavy atom. The summed E-state index contributed by atoms with van der Waals surface area (Å²) in [5, 5.41) is 0. The van der Waals surface area contributed by atoms with E-state index in [4.69, 9.17) is 10.5 Å². The van der Waals surface area contributed by atoms with Crippen LogP contribution in [0.3, 0.4) is 0 Å². The molecule has 0 aliphatic carbocycles. The van der Waals surface area contributed by atoms with Crippen molar-refractivity contribution < 1.29 is 4.74 Å². The van der Waals surface area contributed by atoms with E-state index in [9.17, 15) is 0 Å². The topological polar surface area (TPSA) is 35.2 Å². The fourth-order valence-electron chi connectivity index (χ4n) is 1.04. The molecule has 1 aromatic rings. The number of nitrogen functional groups attached to an aromatic ring is 1. The Bertz CT molecular complexity index is 323. The Morgan fingerprint density at radius 1 is 1.43 bits per heavy atom. The minimum atomic E-state index is 0.518. The molecular weight excluding hydrogens is 242 g/mol. The van der Waals surface area contributed by atoms with Gasteiger partial charge in [-0.05, 0) is 40.4 Å². The first-order valence-electron chi connectivity index (χ1n) is 4.69. The maximum atomic E-state index is 5.80. The van der Waals surface area contributed by atoms with Crippen molar-refractivity contribution in [3.63, 3.8) is 0 Å². The van der Waals surface area contributed by atoms with Crippen LogP contribution < -0.4 is 10.5 Å². The molecule has 78 valence electrons. The smallest absolute Gasteiger partial charge is 0.135 e. The largest absolute Gasteiger partial charge is 0.492 e. The van der Waals surface area contributed by atoms with Crippen LogP contribution in [0.2, 0.25) is 0 Å². The first kappa shape index (κ1) is 11.4. The Labute approximate surface area is 93.6 Å². The van der Waals surface area contributed by atoms with Crippen molar-refractivity contribution in [2.75, 3.05) is 12.3 Å². The monoisotopic (exact) mass is 257 g/mol. The van der Waals surface area contributed by atoms with E-state index in [1.165, 1.54) is 0 Å². The molecule has 0 spiro atoms. The number of anilines is 1. The van der Waals surface area contributed by atoms with Gasteiger partial charge in [0.25, 0.3) is 0 Å². The summed E-state index contributed by atoms with van der Waals surface area (Å²) in [4.78, 5) is 0. The summed E-state index contributed by atoms with van der Waals surface area (Å²) in [6.45, 7) is 6.92. The number of hydrogen-bond donors (Lipinski definition) is 1. The van der Waals surface area contributed by atoms with Crippen LogP contribution in [0.1, 0.15) is 19.4 Å². The van der Waals surface area contributed by atoms with Crippen molar-refractivity contribution in [2.24, 2.45) is 5.92 Å². The van der Waals surface area contributed by atoms with Crippen molar-refractivity contribution >= 4 is 21.6 Å². The Kier molecular flexibility index (Phi) is 3.81. The van der Waals surface area contributed by atoms with Crippen molar-refractivity contribution in [2.45, 2.75) is 20.8 Å². The lowest BCUT2D eigenvalue weighted by atomic mass is 10.2. The van der Waals surface area contributed by atoms with Crippen LogP contribution in [0, 0.1) is 12.8 Å². The van der Waals surface area contributed by atoms with Gasteiger partial charge in [0.05, 0.1) is 11.1 Å². The first-order chi connectivity index (χ1) is 6.50. The minimum Gasteiger partial charge on any atom is -0.492 e. The lowest BCUT2D eigenvalue weighted by Gasteiger charge is -2.12. The van der Waals surface area contributed by atoms with Crippen LogP contribution >= 0.6 is 15.9 Å². The summed E-state index contributed by atoms with van der Waals surface area (Å²) in [6.07, 6.45) is 0. The molecule has 1 aromatic carbocycles. The number of nitrogens with two attached hydrogens (primary N) is 1. The van der Waals surface area contributed by atoms with Gasteiger partial charge >= 0.3 is 0 Å². The molecule has 0 aromatic heterocycles. The molecule has 2 nitrogen and oxygen atoms in total. The average Bonchev–Trinajstić information content (AvgIpc) is 2.09. The first-order valence-corrected chi connectivity index (χ1v) is 5.48. The zero-order valence-corrected chi connectivity index (χ0v) is 10.4. The van der Waals surface area contributed by atoms with Crippen LogP contribution in [0.5, 0.6) is 5.75 Å². The molecular formula is C11H16BrNO. The average molecular weight is 258 g/mol. The fraction of sp³-hybridized carbons (Fsp3) is 0.455. The van der Waals surface area contributed by atoms with E-state index in [2.05, 4.69) is 29.8 Å². The third kappa shape index (κ3) is 2.91. The highest BCUT2D eigenvalue weighted by Crippen LogP contribution is 2.30. The SMILES string of the molecule is Cc1cc(Br)c(OCC(C)C)cc1N. The molecule has 0 saturated carbocycles. The summed E-state index contributed by atoms with van der Waals surface area (Å²) >= 11 is 3.45. The summed E-state index contributed by atoms with van der Waals surface area (Å²) in [7, 11) is 0. The normalized spacial score (nSPS) is 10.6. The number of rotatable bonds is 3. The van der Waals surface area contributed by atoms with Crippen molar-refractivity contribution in [1.82, 2.24) is 0 Å². The molecule has 0 unspecified atom stereocenters. The van der Waals surface area contributed by atoms with Gasteiger partial charge in [-0.25, -0.2) is 0 Å². The molecule has 14 heavy (non-hydrogen) atoms. The molecule has 0 fully saturated rings. The highest BCUT2D eigenvalue weighted by molar-refractivity contribution is 9.10. The van der Waals surface area contributed by atoms with Crippen LogP contribution in [0.4, 0.5) is 5.69 Å². The molecule has 0 heterocycles. The lowest BCUT2D eigenvalue weighted by Crippen LogP contribution is -2.05. The highest BCUT2D eigenvalue weighted by Gasteiger charge is 2.05. The molecule has 0 amide bonds. The second kappa shape index (κ2) is 4.69. The molecule has 0 saturated heterocycles. The summed E-state index contributed by atoms with van der Waals surface area (Å²) in [5.41, 5.74) is 7.63. The summed E-state index contributed by atoms with van der Waals surface area (Å²) in [5.74, 6) is 1.34. The van der Waals surface area contributed by atoms with E-state index in [1.807, 2.05) is 19.1 Å². The number of aryl methyl sites for hydroxylation is 1. The van der Waals surface area contributed by atoms with Gasteiger partial charge in [-0.1, -0.05) is 13.8 Å². The standard InChI is InChI=1S/C11H16BrNO/c1-7(2)6-14-11-5-10(13)8(3)4-9(11)12/h4-5,7H,6,13H2,1-3H3. The van der Waals surface area contributed by atoms with E-state index in [1.54, 1.807) is 0 Å². The van der Waals surface area contributed by atoms with Gasteiger partial charge in [0.15, 0.2) is 0 Å². The third-order valence-electron chi connectivity index (χ3n) is 1.89. The van der Waals surface area contributed by atoms with E-state index in [0.29, 0.717) is 12.5 Å². The predicted molar refractivity (Wildman–Crippen MR) is 63.6 cm³/mol. The summed E-state index contributed by atoms with van der Waals surface area (Å²) in [6, 6.07) is 3.84. The molecule has 0 aliphatic heterocycles. The maximum Gasteiger partial charge on any atom is 0.135 e. The second-order valence-electron chi connectivity index (χ2n) is 3.84. The number of ether oxygens (including phenoxy) is 1. The van der Waals surface area contributed by atoms with Crippen molar-refractivity contribution in [3.8, 4) is 5.75 Å². The quantitative estimate of drug-likeness (QED) is 0.843. The highest BCUT2D eigenvalue weighted by atomic mass is 79.9. The van der Waals surface area contributed by atoms with E-state index in [0.717, 1.165) is 21.5 Å². The van der Waals surface area contributed by atoms with E-state index in [-0.39, 0.29) is 0 Å². The maximum absolute atomic E-state index is 5.80. The van der Waals surface area contributed by atoms with Crippen molar-refractivity contribution in [1.29, 1.82) is 0 Å². The number of hydrogen-bond acceptors (Lipinski definition) is 2. The Morgan fingerprint density at radius 2 is 2.07 bits per heavy atom. The molecule has 1 rings (SSSR count). The molecule has 3 heteroatoms. The second-order valence-corrected chi connectivity index (χ2v) is 4.70. The van der Waals surface area contributed by atoms with Gasteiger partial charge in [-0.3, -0.25) is 0 Å². The Balaban J connectivity index is 2.82. The van der Waals surface area contributed by atoms with Crippen LogP contribution in [0.25, 0.3) is 0 Å². The van der Waals surface area contributed by atoms with Gasteiger partial charge in [0, 0.05) is 11.8 Å². The van der Waals surface area contributed by atoms with E-state index >= 15 is 0 Å². The van der Waals surface area contributed by atoms with Gasteiger partial charge < -0.3 is 10.5 Å². The van der Waals surface area contributed by atoms with Gasteiger partial charge in [0.1, 0.15) is 5.75 Å². The summed E-state index contributed by atoms with van der Waals surface area (Å²) < 4.78 is 6.57. The molecule has 0 bridgehead atoms. The fourth-order valence-corrected chi connectivity index (χ4v) is 1.61. The Hall–Kier alpha value is -0.700. The zero-order valence-electron chi connectivity index (χ0n) is 8.80.